The van der Waals surface area contributed by atoms with Crippen molar-refractivity contribution in [1.29, 1.82) is 0 Å². The molecular weight excluding hydrogens is 386 g/mol. The Hall–Kier alpha value is -3.01. The minimum Gasteiger partial charge on any atom is -0.449 e. The third kappa shape index (κ3) is 3.19. The Bertz CT molecular complexity index is 1140. The molecule has 0 saturated heterocycles. The number of esters is 1. The van der Waals surface area contributed by atoms with Gasteiger partial charge in [0, 0.05) is 4.88 Å². The fourth-order valence-electron chi connectivity index (χ4n) is 3.37. The van der Waals surface area contributed by atoms with Gasteiger partial charge in [0.05, 0.1) is 11.5 Å². The zero-order chi connectivity index (χ0) is 20.0. The van der Waals surface area contributed by atoms with Crippen LogP contribution in [0.2, 0.25) is 0 Å². The highest BCUT2D eigenvalue weighted by atomic mass is 32.1. The van der Waals surface area contributed by atoms with Crippen LogP contribution in [-0.2, 0) is 17.6 Å². The van der Waals surface area contributed by atoms with Crippen LogP contribution in [0.4, 0.5) is 5.88 Å². The number of hydrogen-bond donors (Lipinski definition) is 1. The van der Waals surface area contributed by atoms with Gasteiger partial charge in [-0.2, -0.15) is 0 Å². The van der Waals surface area contributed by atoms with E-state index in [4.69, 9.17) is 9.15 Å². The molecular formula is C18H17N3O6S. The van der Waals surface area contributed by atoms with Gasteiger partial charge in [0.15, 0.2) is 11.9 Å². The van der Waals surface area contributed by atoms with Crippen LogP contribution in [0.15, 0.2) is 21.3 Å². The van der Waals surface area contributed by atoms with Crippen molar-refractivity contribution >= 4 is 33.4 Å². The average Bonchev–Trinajstić information content (AvgIpc) is 3.25. The van der Waals surface area contributed by atoms with E-state index < -0.39 is 22.9 Å². The number of hydrogen-bond acceptors (Lipinski definition) is 8. The molecule has 3 aromatic rings. The number of aromatic amines is 1. The predicted octanol–water partition coefficient (Wildman–Crippen LogP) is 3.53. The summed E-state index contributed by atoms with van der Waals surface area (Å²) in [5.41, 5.74) is 0.828. The summed E-state index contributed by atoms with van der Waals surface area (Å²) in [5, 5.41) is 11.3. The zero-order valence-electron chi connectivity index (χ0n) is 15.2. The molecule has 10 heteroatoms. The summed E-state index contributed by atoms with van der Waals surface area (Å²) in [6.45, 7) is 3.76. The van der Waals surface area contributed by atoms with E-state index >= 15 is 0 Å². The molecule has 0 bridgehead atoms. The van der Waals surface area contributed by atoms with Crippen molar-refractivity contribution in [1.82, 2.24) is 9.97 Å². The highest BCUT2D eigenvalue weighted by molar-refractivity contribution is 7.18. The summed E-state index contributed by atoms with van der Waals surface area (Å²) in [5.74, 6) is -0.911. The Morgan fingerprint density at radius 2 is 2.29 bits per heavy atom. The number of nitro groups is 1. The highest BCUT2D eigenvalue weighted by Gasteiger charge is 2.25. The van der Waals surface area contributed by atoms with Gasteiger partial charge in [-0.05, 0) is 43.7 Å². The second-order valence-electron chi connectivity index (χ2n) is 6.93. The first kappa shape index (κ1) is 18.4. The number of carbonyl (C=O) groups is 1. The number of aryl methyl sites for hydroxylation is 1. The van der Waals surface area contributed by atoms with Crippen LogP contribution >= 0.6 is 11.3 Å². The maximum absolute atomic E-state index is 12.6. The number of H-pyrrole nitrogens is 1. The van der Waals surface area contributed by atoms with Crippen molar-refractivity contribution in [2.75, 3.05) is 0 Å². The molecule has 0 unspecified atom stereocenters. The van der Waals surface area contributed by atoms with Crippen molar-refractivity contribution in [2.24, 2.45) is 5.92 Å². The van der Waals surface area contributed by atoms with Gasteiger partial charge in [0.25, 0.3) is 5.56 Å². The van der Waals surface area contributed by atoms with Gasteiger partial charge in [0.2, 0.25) is 5.76 Å². The molecule has 0 aliphatic heterocycles. The summed E-state index contributed by atoms with van der Waals surface area (Å²) in [7, 11) is 0. The highest BCUT2D eigenvalue weighted by Crippen LogP contribution is 2.36. The molecule has 0 saturated carbocycles. The number of furan rings is 1. The summed E-state index contributed by atoms with van der Waals surface area (Å²) < 4.78 is 10.1. The van der Waals surface area contributed by atoms with Gasteiger partial charge < -0.3 is 14.1 Å². The maximum Gasteiger partial charge on any atom is 0.433 e. The fourth-order valence-corrected chi connectivity index (χ4v) is 4.76. The molecule has 1 aliphatic carbocycles. The van der Waals surface area contributed by atoms with Crippen molar-refractivity contribution in [2.45, 2.75) is 39.2 Å². The molecule has 1 aliphatic rings. The Kier molecular flexibility index (Phi) is 4.50. The number of aromatic nitrogens is 2. The Balaban J connectivity index is 1.60. The number of thiophene rings is 1. The Labute approximate surface area is 162 Å². The molecule has 3 heterocycles. The van der Waals surface area contributed by atoms with E-state index in [0.717, 1.165) is 30.9 Å². The Morgan fingerprint density at radius 3 is 3.00 bits per heavy atom. The number of carbonyl (C=O) groups excluding carboxylic acids is 1. The molecule has 0 spiro atoms. The average molecular weight is 403 g/mol. The van der Waals surface area contributed by atoms with E-state index in [1.165, 1.54) is 22.3 Å². The largest absolute Gasteiger partial charge is 0.449 e. The SMILES string of the molecule is C[C@H]1CCc2c(sc3nc([C@@H](C)OC(=O)c4ccc([N+](=O)[O-])o4)[nH]c(=O)c23)C1. The van der Waals surface area contributed by atoms with E-state index in [1.807, 2.05) is 0 Å². The quantitative estimate of drug-likeness (QED) is 0.401. The van der Waals surface area contributed by atoms with Crippen LogP contribution in [0.1, 0.15) is 53.2 Å². The third-order valence-corrected chi connectivity index (χ3v) is 5.97. The van der Waals surface area contributed by atoms with Crippen LogP contribution in [-0.4, -0.2) is 20.9 Å². The van der Waals surface area contributed by atoms with Gasteiger partial charge in [0.1, 0.15) is 9.75 Å². The topological polar surface area (TPSA) is 128 Å². The van der Waals surface area contributed by atoms with E-state index in [0.29, 0.717) is 16.1 Å². The number of fused-ring (bicyclic) bond motifs is 3. The van der Waals surface area contributed by atoms with Gasteiger partial charge >= 0.3 is 11.9 Å². The summed E-state index contributed by atoms with van der Waals surface area (Å²) >= 11 is 1.51. The summed E-state index contributed by atoms with van der Waals surface area (Å²) in [6, 6.07) is 2.24. The first-order valence-corrected chi connectivity index (χ1v) is 9.64. The first-order chi connectivity index (χ1) is 13.3. The molecule has 4 rings (SSSR count). The molecule has 9 nitrogen and oxygen atoms in total. The van der Waals surface area contributed by atoms with Crippen LogP contribution in [0, 0.1) is 16.0 Å². The minimum absolute atomic E-state index is 0.221. The second kappa shape index (κ2) is 6.86. The molecule has 2 atom stereocenters. The molecule has 3 aromatic heterocycles. The van der Waals surface area contributed by atoms with Gasteiger partial charge in [-0.25, -0.2) is 9.78 Å². The normalized spacial score (nSPS) is 17.3. The third-order valence-electron chi connectivity index (χ3n) is 4.83. The Morgan fingerprint density at radius 1 is 1.50 bits per heavy atom. The molecule has 146 valence electrons. The van der Waals surface area contributed by atoms with Crippen LogP contribution < -0.4 is 5.56 Å². The van der Waals surface area contributed by atoms with E-state index in [9.17, 15) is 19.7 Å². The van der Waals surface area contributed by atoms with Crippen molar-refractivity contribution in [3.05, 3.63) is 54.6 Å². The van der Waals surface area contributed by atoms with E-state index in [-0.39, 0.29) is 17.1 Å². The molecule has 0 amide bonds. The van der Waals surface area contributed by atoms with Crippen molar-refractivity contribution < 1.29 is 18.9 Å². The zero-order valence-corrected chi connectivity index (χ0v) is 16.0. The predicted molar refractivity (Wildman–Crippen MR) is 101 cm³/mol. The number of nitrogens with one attached hydrogen (secondary N) is 1. The minimum atomic E-state index is -0.873. The van der Waals surface area contributed by atoms with Crippen molar-refractivity contribution in [3.8, 4) is 0 Å². The lowest BCUT2D eigenvalue weighted by atomic mass is 9.89. The first-order valence-electron chi connectivity index (χ1n) is 8.83. The van der Waals surface area contributed by atoms with E-state index in [1.54, 1.807) is 6.92 Å². The molecule has 0 radical (unpaired) electrons. The van der Waals surface area contributed by atoms with Gasteiger partial charge in [-0.1, -0.05) is 6.92 Å². The van der Waals surface area contributed by atoms with Crippen LogP contribution in [0.5, 0.6) is 0 Å². The van der Waals surface area contributed by atoms with Crippen molar-refractivity contribution in [3.63, 3.8) is 0 Å². The summed E-state index contributed by atoms with van der Waals surface area (Å²) in [4.78, 5) is 43.7. The monoisotopic (exact) mass is 403 g/mol. The summed E-state index contributed by atoms with van der Waals surface area (Å²) in [6.07, 6.45) is 1.99. The number of rotatable bonds is 4. The number of ether oxygens (including phenoxy) is 1. The second-order valence-corrected chi connectivity index (χ2v) is 8.01. The molecule has 0 fully saturated rings. The molecule has 1 N–H and O–H groups in total. The smallest absolute Gasteiger partial charge is 0.433 e. The van der Waals surface area contributed by atoms with E-state index in [2.05, 4.69) is 16.9 Å². The fraction of sp³-hybridized carbons (Fsp3) is 0.389. The van der Waals surface area contributed by atoms with Gasteiger partial charge in [-0.3, -0.25) is 14.9 Å². The lowest BCUT2D eigenvalue weighted by Gasteiger charge is -2.17. The molecule has 0 aromatic carbocycles. The van der Waals surface area contributed by atoms with Gasteiger partial charge in [-0.15, -0.1) is 11.3 Å². The van der Waals surface area contributed by atoms with Crippen LogP contribution in [0.25, 0.3) is 10.2 Å². The lowest BCUT2D eigenvalue weighted by Crippen LogP contribution is -2.18. The lowest BCUT2D eigenvalue weighted by molar-refractivity contribution is -0.402. The molecule has 28 heavy (non-hydrogen) atoms. The van der Waals surface area contributed by atoms with Crippen LogP contribution in [0.3, 0.4) is 0 Å². The standard InChI is InChI=1S/C18H17N3O6S/c1-8-3-4-10-12(7-8)28-17-14(10)16(22)19-15(20-17)9(2)26-18(23)11-5-6-13(27-11)21(24)25/h5-6,8-9H,3-4,7H2,1-2H3,(H,19,20,22)/t8-,9+/m0/s1. The maximum atomic E-state index is 12.6. The number of nitrogens with zero attached hydrogens (tertiary/aromatic N) is 2.